The standard InChI is InChI=1S/C28H29ClN4OS/c1-31-21-10-12-22(13-11-21)33(28(34)27-26(29)23-7-2-3-8-24(23)35-27)17-18-5-4-6-19(15-18)20-9-14-25(30)32-16-20/h2-9,14-16,21-22,31H,10-13,17H2,1H3,(H2,30,32)/t21-,22-. The Hall–Kier alpha value is -2.93. The molecule has 1 aliphatic carbocycles. The van der Waals surface area contributed by atoms with Crippen LogP contribution in [0.25, 0.3) is 21.2 Å². The lowest BCUT2D eigenvalue weighted by molar-refractivity contribution is 0.0606. The highest BCUT2D eigenvalue weighted by atomic mass is 35.5. The zero-order valence-electron chi connectivity index (χ0n) is 19.7. The van der Waals surface area contributed by atoms with Gasteiger partial charge in [-0.2, -0.15) is 0 Å². The van der Waals surface area contributed by atoms with Crippen LogP contribution in [0.5, 0.6) is 0 Å². The van der Waals surface area contributed by atoms with Crippen molar-refractivity contribution in [3.05, 3.63) is 82.3 Å². The van der Waals surface area contributed by atoms with Crippen LogP contribution in [-0.2, 0) is 6.54 Å². The summed E-state index contributed by atoms with van der Waals surface area (Å²) in [4.78, 5) is 20.9. The number of fused-ring (bicyclic) bond motifs is 1. The first-order valence-electron chi connectivity index (χ1n) is 12.0. The van der Waals surface area contributed by atoms with Crippen molar-refractivity contribution in [1.82, 2.24) is 15.2 Å². The summed E-state index contributed by atoms with van der Waals surface area (Å²) >= 11 is 8.22. The van der Waals surface area contributed by atoms with Gasteiger partial charge in [-0.05, 0) is 68.1 Å². The van der Waals surface area contributed by atoms with E-state index in [1.807, 2.05) is 54.4 Å². The van der Waals surface area contributed by atoms with Crippen LogP contribution in [0.15, 0.2) is 66.9 Å². The number of anilines is 1. The molecule has 35 heavy (non-hydrogen) atoms. The zero-order valence-corrected chi connectivity index (χ0v) is 21.3. The minimum absolute atomic E-state index is 0.0173. The van der Waals surface area contributed by atoms with Gasteiger partial charge < -0.3 is 16.0 Å². The molecule has 7 heteroatoms. The maximum Gasteiger partial charge on any atom is 0.266 e. The van der Waals surface area contributed by atoms with Crippen LogP contribution in [0, 0.1) is 0 Å². The maximum absolute atomic E-state index is 14.0. The molecule has 0 spiro atoms. The van der Waals surface area contributed by atoms with Crippen LogP contribution >= 0.6 is 22.9 Å². The molecule has 1 fully saturated rings. The van der Waals surface area contributed by atoms with E-state index in [0.717, 1.165) is 52.5 Å². The van der Waals surface area contributed by atoms with Crippen LogP contribution in [0.1, 0.15) is 40.9 Å². The van der Waals surface area contributed by atoms with Gasteiger partial charge in [-0.15, -0.1) is 11.3 Å². The van der Waals surface area contributed by atoms with E-state index in [1.165, 1.54) is 11.3 Å². The van der Waals surface area contributed by atoms with E-state index < -0.39 is 0 Å². The van der Waals surface area contributed by atoms with E-state index in [9.17, 15) is 4.79 Å². The molecule has 1 amide bonds. The predicted molar refractivity (Wildman–Crippen MR) is 146 cm³/mol. The van der Waals surface area contributed by atoms with Gasteiger partial charge in [0.1, 0.15) is 10.7 Å². The van der Waals surface area contributed by atoms with Gasteiger partial charge in [0, 0.05) is 40.5 Å². The number of carbonyl (C=O) groups excluding carboxylic acids is 1. The minimum Gasteiger partial charge on any atom is -0.384 e. The van der Waals surface area contributed by atoms with Gasteiger partial charge >= 0.3 is 0 Å². The topological polar surface area (TPSA) is 71.2 Å². The Labute approximate surface area is 214 Å². The number of nitrogens with one attached hydrogen (secondary N) is 1. The molecule has 0 aliphatic heterocycles. The molecule has 4 aromatic rings. The molecule has 0 unspecified atom stereocenters. The van der Waals surface area contributed by atoms with Gasteiger partial charge in [0.25, 0.3) is 5.91 Å². The smallest absolute Gasteiger partial charge is 0.266 e. The van der Waals surface area contributed by atoms with Crippen molar-refractivity contribution in [3.63, 3.8) is 0 Å². The first-order valence-corrected chi connectivity index (χ1v) is 13.2. The largest absolute Gasteiger partial charge is 0.384 e. The second-order valence-electron chi connectivity index (χ2n) is 9.14. The van der Waals surface area contributed by atoms with Gasteiger partial charge in [0.05, 0.1) is 5.02 Å². The lowest BCUT2D eigenvalue weighted by Crippen LogP contribution is -2.44. The fraction of sp³-hybridized carbons (Fsp3) is 0.286. The van der Waals surface area contributed by atoms with Crippen molar-refractivity contribution in [2.24, 2.45) is 0 Å². The summed E-state index contributed by atoms with van der Waals surface area (Å²) in [6, 6.07) is 20.7. The van der Waals surface area contributed by atoms with Crippen molar-refractivity contribution < 1.29 is 4.79 Å². The monoisotopic (exact) mass is 504 g/mol. The number of halogens is 1. The van der Waals surface area contributed by atoms with Crippen molar-refractivity contribution in [3.8, 4) is 11.1 Å². The molecule has 0 radical (unpaired) electrons. The van der Waals surface area contributed by atoms with Crippen LogP contribution in [0.2, 0.25) is 5.02 Å². The number of thiophene rings is 1. The molecule has 180 valence electrons. The summed E-state index contributed by atoms with van der Waals surface area (Å²) in [5, 5.41) is 4.90. The summed E-state index contributed by atoms with van der Waals surface area (Å²) in [7, 11) is 2.02. The van der Waals surface area contributed by atoms with Crippen LogP contribution < -0.4 is 11.1 Å². The number of hydrogen-bond donors (Lipinski definition) is 2. The average molecular weight is 505 g/mol. The highest BCUT2D eigenvalue weighted by molar-refractivity contribution is 7.21. The van der Waals surface area contributed by atoms with Crippen molar-refractivity contribution >= 4 is 44.7 Å². The zero-order chi connectivity index (χ0) is 24.4. The third-order valence-corrected chi connectivity index (χ3v) is 8.60. The highest BCUT2D eigenvalue weighted by Crippen LogP contribution is 2.37. The van der Waals surface area contributed by atoms with Gasteiger partial charge in [0.2, 0.25) is 0 Å². The molecule has 2 heterocycles. The second-order valence-corrected chi connectivity index (χ2v) is 10.6. The van der Waals surface area contributed by atoms with Crippen LogP contribution in [-0.4, -0.2) is 34.9 Å². The van der Waals surface area contributed by atoms with Gasteiger partial charge in [-0.25, -0.2) is 4.98 Å². The third kappa shape index (κ3) is 5.06. The third-order valence-electron chi connectivity index (χ3n) is 6.94. The fourth-order valence-corrected chi connectivity index (χ4v) is 6.42. The van der Waals surface area contributed by atoms with E-state index in [2.05, 4.69) is 28.5 Å². The number of rotatable bonds is 6. The Balaban J connectivity index is 1.47. The Morgan fingerprint density at radius 2 is 1.89 bits per heavy atom. The van der Waals surface area contributed by atoms with E-state index >= 15 is 0 Å². The van der Waals surface area contributed by atoms with E-state index in [0.29, 0.717) is 28.3 Å². The number of amides is 1. The Kier molecular flexibility index (Phi) is 7.04. The Bertz CT molecular complexity index is 1330. The second kappa shape index (κ2) is 10.4. The average Bonchev–Trinajstić information content (AvgIpc) is 3.24. The van der Waals surface area contributed by atoms with Crippen molar-refractivity contribution in [1.29, 1.82) is 0 Å². The van der Waals surface area contributed by atoms with Crippen LogP contribution in [0.4, 0.5) is 5.82 Å². The molecule has 0 atom stereocenters. The molecule has 1 aliphatic rings. The highest BCUT2D eigenvalue weighted by Gasteiger charge is 2.31. The molecule has 5 rings (SSSR count). The number of pyridine rings is 1. The number of benzene rings is 2. The quantitative estimate of drug-likeness (QED) is 0.320. The normalized spacial score (nSPS) is 18.0. The summed E-state index contributed by atoms with van der Waals surface area (Å²) in [6.45, 7) is 0.536. The summed E-state index contributed by atoms with van der Waals surface area (Å²) in [6.07, 6.45) is 5.85. The lowest BCUT2D eigenvalue weighted by Gasteiger charge is -2.37. The first kappa shape index (κ1) is 23.8. The molecule has 3 N–H and O–H groups in total. The molecule has 0 bridgehead atoms. The summed E-state index contributed by atoms with van der Waals surface area (Å²) < 4.78 is 1.04. The minimum atomic E-state index is 0.0173. The van der Waals surface area contributed by atoms with Crippen molar-refractivity contribution in [2.75, 3.05) is 12.8 Å². The van der Waals surface area contributed by atoms with Crippen LogP contribution in [0.3, 0.4) is 0 Å². The van der Waals surface area contributed by atoms with E-state index in [1.54, 1.807) is 6.20 Å². The van der Waals surface area contributed by atoms with Gasteiger partial charge in [0.15, 0.2) is 0 Å². The predicted octanol–water partition coefficient (Wildman–Crippen LogP) is 6.37. The number of nitrogens with two attached hydrogens (primary N) is 1. The summed E-state index contributed by atoms with van der Waals surface area (Å²) in [5.74, 6) is 0.516. The van der Waals surface area contributed by atoms with Gasteiger partial charge in [-0.1, -0.05) is 48.0 Å². The lowest BCUT2D eigenvalue weighted by atomic mass is 9.89. The van der Waals surface area contributed by atoms with Gasteiger partial charge in [-0.3, -0.25) is 4.79 Å². The SMILES string of the molecule is CN[C@H]1CC[C@H](N(Cc2cccc(-c3ccc(N)nc3)c2)C(=O)c2sc3ccccc3c2Cl)CC1. The molecule has 0 saturated heterocycles. The molecule has 2 aromatic heterocycles. The molecular formula is C28H29ClN4OS. The maximum atomic E-state index is 14.0. The number of nitrogens with zero attached hydrogens (tertiary/aromatic N) is 2. The number of carbonyl (C=O) groups is 1. The number of nitrogen functional groups attached to an aromatic ring is 1. The Morgan fingerprint density at radius 1 is 1.09 bits per heavy atom. The van der Waals surface area contributed by atoms with E-state index in [-0.39, 0.29) is 11.9 Å². The van der Waals surface area contributed by atoms with E-state index in [4.69, 9.17) is 17.3 Å². The number of hydrogen-bond acceptors (Lipinski definition) is 5. The number of aromatic nitrogens is 1. The molecule has 1 saturated carbocycles. The first-order chi connectivity index (χ1) is 17.0. The Morgan fingerprint density at radius 3 is 2.60 bits per heavy atom. The summed E-state index contributed by atoms with van der Waals surface area (Å²) in [5.41, 5.74) is 8.90. The molecule has 2 aromatic carbocycles. The molecule has 5 nitrogen and oxygen atoms in total. The molecular weight excluding hydrogens is 476 g/mol. The van der Waals surface area contributed by atoms with Crippen molar-refractivity contribution in [2.45, 2.75) is 44.3 Å². The fourth-order valence-electron chi connectivity index (χ4n) is 4.95.